The Kier molecular flexibility index (Phi) is 5.23. The van der Waals surface area contributed by atoms with Crippen molar-refractivity contribution in [2.24, 2.45) is 0 Å². The van der Waals surface area contributed by atoms with E-state index < -0.39 is 0 Å². The van der Waals surface area contributed by atoms with E-state index in [9.17, 15) is 9.59 Å². The minimum absolute atomic E-state index is 0.200. The largest absolute Gasteiger partial charge is 0.450 e. The Morgan fingerprint density at radius 2 is 2.00 bits per heavy atom. The molecule has 6 nitrogen and oxygen atoms in total. The highest BCUT2D eigenvalue weighted by Gasteiger charge is 2.28. The number of likely N-dealkylation sites (tertiary alicyclic amines) is 2. The van der Waals surface area contributed by atoms with Crippen LogP contribution in [-0.2, 0) is 9.53 Å². The summed E-state index contributed by atoms with van der Waals surface area (Å²) in [6.07, 6.45) is 3.26. The van der Waals surface area contributed by atoms with Crippen LogP contribution < -0.4 is 5.32 Å². The molecule has 2 heterocycles. The van der Waals surface area contributed by atoms with Gasteiger partial charge in [-0.25, -0.2) is 4.79 Å². The zero-order valence-corrected chi connectivity index (χ0v) is 12.4. The van der Waals surface area contributed by atoms with Crippen molar-refractivity contribution in [3.63, 3.8) is 0 Å². The van der Waals surface area contributed by atoms with Gasteiger partial charge in [0.15, 0.2) is 0 Å². The number of piperidine rings is 2. The topological polar surface area (TPSA) is 61.9 Å². The Morgan fingerprint density at radius 1 is 1.30 bits per heavy atom. The maximum atomic E-state index is 11.6. The van der Waals surface area contributed by atoms with Crippen LogP contribution in [0, 0.1) is 0 Å². The summed E-state index contributed by atoms with van der Waals surface area (Å²) in [5.41, 5.74) is 0. The molecule has 0 bridgehead atoms. The molecule has 0 aromatic rings. The van der Waals surface area contributed by atoms with Crippen molar-refractivity contribution in [2.75, 3.05) is 33.3 Å². The summed E-state index contributed by atoms with van der Waals surface area (Å²) in [4.78, 5) is 26.6. The number of hydrogen-bond donors (Lipinski definition) is 1. The average molecular weight is 283 g/mol. The third kappa shape index (κ3) is 3.85. The summed E-state index contributed by atoms with van der Waals surface area (Å²) in [6.45, 7) is 4.54. The first-order chi connectivity index (χ1) is 9.60. The van der Waals surface area contributed by atoms with Crippen molar-refractivity contribution in [3.8, 4) is 0 Å². The predicted molar refractivity (Wildman–Crippen MR) is 75.4 cm³/mol. The van der Waals surface area contributed by atoms with E-state index in [0.717, 1.165) is 38.9 Å². The smallest absolute Gasteiger partial charge is 0.409 e. The van der Waals surface area contributed by atoms with Crippen LogP contribution in [0.2, 0.25) is 0 Å². The van der Waals surface area contributed by atoms with Gasteiger partial charge in [0.1, 0.15) is 0 Å². The van der Waals surface area contributed by atoms with E-state index >= 15 is 0 Å². The first kappa shape index (κ1) is 15.1. The number of carbonyl (C=O) groups excluding carboxylic acids is 2. The fraction of sp³-hybridized carbons (Fsp3) is 0.857. The SMILES string of the molecule is CCOC(=O)N1CCC(N[C@H]2CCC(=O)N(C)C2)CC1. The summed E-state index contributed by atoms with van der Waals surface area (Å²) < 4.78 is 5.01. The second-order valence-corrected chi connectivity index (χ2v) is 5.64. The van der Waals surface area contributed by atoms with Crippen LogP contribution in [0.1, 0.15) is 32.6 Å². The van der Waals surface area contributed by atoms with Crippen LogP contribution in [0.15, 0.2) is 0 Å². The number of ether oxygens (including phenoxy) is 1. The lowest BCUT2D eigenvalue weighted by Crippen LogP contribution is -2.53. The molecule has 2 rings (SSSR count). The third-order valence-electron chi connectivity index (χ3n) is 4.12. The van der Waals surface area contributed by atoms with Crippen LogP contribution in [0.4, 0.5) is 4.79 Å². The lowest BCUT2D eigenvalue weighted by atomic mass is 10.0. The molecule has 20 heavy (non-hydrogen) atoms. The molecule has 2 saturated heterocycles. The van der Waals surface area contributed by atoms with Gasteiger partial charge in [-0.3, -0.25) is 4.79 Å². The number of hydrogen-bond acceptors (Lipinski definition) is 4. The van der Waals surface area contributed by atoms with Crippen molar-refractivity contribution in [2.45, 2.75) is 44.7 Å². The van der Waals surface area contributed by atoms with Crippen molar-refractivity contribution < 1.29 is 14.3 Å². The van der Waals surface area contributed by atoms with Crippen LogP contribution in [0.25, 0.3) is 0 Å². The molecule has 2 aliphatic rings. The first-order valence-electron chi connectivity index (χ1n) is 7.52. The minimum atomic E-state index is -0.200. The number of nitrogens with zero attached hydrogens (tertiary/aromatic N) is 2. The fourth-order valence-corrected chi connectivity index (χ4v) is 2.93. The predicted octanol–water partition coefficient (Wildman–Crippen LogP) is 0.818. The minimum Gasteiger partial charge on any atom is -0.450 e. The standard InChI is InChI=1S/C14H25N3O3/c1-3-20-14(19)17-8-6-11(7-9-17)15-12-4-5-13(18)16(2)10-12/h11-12,15H,3-10H2,1-2H3/t12-/m0/s1. The molecule has 0 aliphatic carbocycles. The highest BCUT2D eigenvalue weighted by atomic mass is 16.6. The normalized spacial score (nSPS) is 24.9. The highest BCUT2D eigenvalue weighted by Crippen LogP contribution is 2.15. The molecule has 1 N–H and O–H groups in total. The van der Waals surface area contributed by atoms with Gasteiger partial charge in [0.05, 0.1) is 6.61 Å². The van der Waals surface area contributed by atoms with Crippen LogP contribution >= 0.6 is 0 Å². The van der Waals surface area contributed by atoms with Gasteiger partial charge >= 0.3 is 6.09 Å². The van der Waals surface area contributed by atoms with E-state index in [1.54, 1.807) is 9.80 Å². The summed E-state index contributed by atoms with van der Waals surface area (Å²) in [5, 5.41) is 3.63. The average Bonchev–Trinajstić information content (AvgIpc) is 2.44. The molecule has 0 saturated carbocycles. The van der Waals surface area contributed by atoms with Crippen molar-refractivity contribution >= 4 is 12.0 Å². The molecule has 2 amide bonds. The Bertz CT molecular complexity index is 354. The second-order valence-electron chi connectivity index (χ2n) is 5.64. The summed E-state index contributed by atoms with van der Waals surface area (Å²) >= 11 is 0. The molecule has 6 heteroatoms. The van der Waals surface area contributed by atoms with E-state index in [0.29, 0.717) is 25.1 Å². The molecule has 2 aliphatic heterocycles. The Hall–Kier alpha value is -1.30. The number of rotatable bonds is 3. The molecule has 0 unspecified atom stereocenters. The molecule has 114 valence electrons. The molecular formula is C14H25N3O3. The summed E-state index contributed by atoms with van der Waals surface area (Å²) in [5.74, 6) is 0.236. The lowest BCUT2D eigenvalue weighted by Gasteiger charge is -2.36. The fourth-order valence-electron chi connectivity index (χ4n) is 2.93. The van der Waals surface area contributed by atoms with Crippen LogP contribution in [0.5, 0.6) is 0 Å². The molecule has 0 radical (unpaired) electrons. The maximum Gasteiger partial charge on any atom is 0.409 e. The number of likely N-dealkylation sites (N-methyl/N-ethyl adjacent to an activating group) is 1. The van der Waals surface area contributed by atoms with E-state index in [1.165, 1.54) is 0 Å². The van der Waals surface area contributed by atoms with Gasteiger partial charge in [0.2, 0.25) is 5.91 Å². The molecule has 0 aromatic carbocycles. The zero-order chi connectivity index (χ0) is 14.5. The quantitative estimate of drug-likeness (QED) is 0.833. The third-order valence-corrected chi connectivity index (χ3v) is 4.12. The van der Waals surface area contributed by atoms with Crippen molar-refractivity contribution in [1.29, 1.82) is 0 Å². The van der Waals surface area contributed by atoms with Gasteiger partial charge in [-0.05, 0) is 26.2 Å². The van der Waals surface area contributed by atoms with Gasteiger partial charge in [-0.15, -0.1) is 0 Å². The first-order valence-corrected chi connectivity index (χ1v) is 7.52. The van der Waals surface area contributed by atoms with Gasteiger partial charge in [-0.2, -0.15) is 0 Å². The molecule has 0 spiro atoms. The molecular weight excluding hydrogens is 258 g/mol. The van der Waals surface area contributed by atoms with E-state index in [2.05, 4.69) is 5.32 Å². The van der Waals surface area contributed by atoms with E-state index in [4.69, 9.17) is 4.74 Å². The number of nitrogens with one attached hydrogen (secondary N) is 1. The van der Waals surface area contributed by atoms with Gasteiger partial charge in [0, 0.05) is 45.2 Å². The Balaban J connectivity index is 1.72. The van der Waals surface area contributed by atoms with Crippen LogP contribution in [-0.4, -0.2) is 67.2 Å². The number of carbonyl (C=O) groups is 2. The Morgan fingerprint density at radius 3 is 2.60 bits per heavy atom. The zero-order valence-electron chi connectivity index (χ0n) is 12.4. The number of amides is 2. The summed E-state index contributed by atoms with van der Waals surface area (Å²) in [6, 6.07) is 0.823. The monoisotopic (exact) mass is 283 g/mol. The van der Waals surface area contributed by atoms with Gasteiger partial charge in [-0.1, -0.05) is 0 Å². The van der Waals surface area contributed by atoms with Crippen molar-refractivity contribution in [1.82, 2.24) is 15.1 Å². The van der Waals surface area contributed by atoms with E-state index in [-0.39, 0.29) is 12.0 Å². The van der Waals surface area contributed by atoms with Gasteiger partial charge in [0.25, 0.3) is 0 Å². The van der Waals surface area contributed by atoms with E-state index in [1.807, 2.05) is 14.0 Å². The summed E-state index contributed by atoms with van der Waals surface area (Å²) in [7, 11) is 1.86. The van der Waals surface area contributed by atoms with Gasteiger partial charge < -0.3 is 19.9 Å². The second kappa shape index (κ2) is 6.92. The maximum absolute atomic E-state index is 11.6. The molecule has 1 atom stereocenters. The highest BCUT2D eigenvalue weighted by molar-refractivity contribution is 5.76. The lowest BCUT2D eigenvalue weighted by molar-refractivity contribution is -0.132. The molecule has 0 aromatic heterocycles. The Labute approximate surface area is 120 Å². The van der Waals surface area contributed by atoms with Crippen LogP contribution in [0.3, 0.4) is 0 Å². The molecule has 2 fully saturated rings. The van der Waals surface area contributed by atoms with Crippen molar-refractivity contribution in [3.05, 3.63) is 0 Å².